The second-order valence-corrected chi connectivity index (χ2v) is 5.79. The molecule has 0 radical (unpaired) electrons. The maximum atomic E-state index is 13.6. The van der Waals surface area contributed by atoms with Gasteiger partial charge in [0.2, 0.25) is 0 Å². The third-order valence-corrected chi connectivity index (χ3v) is 3.90. The van der Waals surface area contributed by atoms with E-state index in [9.17, 15) is 9.50 Å². The Bertz CT molecular complexity index is 741. The molecule has 0 spiro atoms. The summed E-state index contributed by atoms with van der Waals surface area (Å²) < 4.78 is 18.8. The van der Waals surface area contributed by atoms with Gasteiger partial charge in [0.15, 0.2) is 17.5 Å². The SMILES string of the molecule is CCNC(=NCCc1ccccc1F)NCCc1ccc(O)c(OC)c1.I. The summed E-state index contributed by atoms with van der Waals surface area (Å²) in [4.78, 5) is 4.49. The molecule has 0 fully saturated rings. The topological polar surface area (TPSA) is 65.9 Å². The van der Waals surface area contributed by atoms with Gasteiger partial charge in [0.05, 0.1) is 7.11 Å². The molecule has 0 atom stereocenters. The van der Waals surface area contributed by atoms with E-state index in [1.54, 1.807) is 18.2 Å². The van der Waals surface area contributed by atoms with E-state index in [1.165, 1.54) is 13.2 Å². The largest absolute Gasteiger partial charge is 0.504 e. The van der Waals surface area contributed by atoms with E-state index in [0.29, 0.717) is 36.8 Å². The number of ether oxygens (including phenoxy) is 1. The zero-order valence-electron chi connectivity index (χ0n) is 15.7. The molecular weight excluding hydrogens is 460 g/mol. The molecule has 2 rings (SSSR count). The van der Waals surface area contributed by atoms with Gasteiger partial charge in [-0.2, -0.15) is 0 Å². The van der Waals surface area contributed by atoms with Crippen molar-refractivity contribution in [3.8, 4) is 11.5 Å². The minimum absolute atomic E-state index is 0. The molecule has 0 heterocycles. The van der Waals surface area contributed by atoms with Crippen molar-refractivity contribution in [2.45, 2.75) is 19.8 Å². The zero-order valence-corrected chi connectivity index (χ0v) is 18.0. The van der Waals surface area contributed by atoms with Gasteiger partial charge in [0.1, 0.15) is 5.82 Å². The smallest absolute Gasteiger partial charge is 0.191 e. The Balaban J connectivity index is 0.00000364. The van der Waals surface area contributed by atoms with Crippen molar-refractivity contribution in [1.82, 2.24) is 10.6 Å². The second-order valence-electron chi connectivity index (χ2n) is 5.79. The molecule has 148 valence electrons. The van der Waals surface area contributed by atoms with E-state index < -0.39 is 0 Å². The number of halogens is 2. The summed E-state index contributed by atoms with van der Waals surface area (Å²) in [5.74, 6) is 1.11. The van der Waals surface area contributed by atoms with Gasteiger partial charge in [-0.05, 0) is 49.1 Å². The maximum absolute atomic E-state index is 13.6. The Labute approximate surface area is 177 Å². The first kappa shape index (κ1) is 23.0. The van der Waals surface area contributed by atoms with Gasteiger partial charge >= 0.3 is 0 Å². The summed E-state index contributed by atoms with van der Waals surface area (Å²) in [6.45, 7) is 3.93. The number of hydrogen-bond donors (Lipinski definition) is 3. The van der Waals surface area contributed by atoms with Crippen LogP contribution in [0.25, 0.3) is 0 Å². The minimum Gasteiger partial charge on any atom is -0.504 e. The number of guanidine groups is 1. The number of methoxy groups -OCH3 is 1. The predicted octanol–water partition coefficient (Wildman–Crippen LogP) is 3.50. The standard InChI is InChI=1S/C20H26FN3O2.HI/c1-3-22-20(24-13-11-16-6-4-5-7-17(16)21)23-12-10-15-8-9-18(25)19(14-15)26-2;/h4-9,14,25H,3,10-13H2,1-2H3,(H2,22,23,24);1H. The fourth-order valence-corrected chi connectivity index (χ4v) is 2.53. The molecule has 2 aromatic rings. The van der Waals surface area contributed by atoms with Crippen molar-refractivity contribution in [2.24, 2.45) is 4.99 Å². The zero-order chi connectivity index (χ0) is 18.8. The number of phenols is 1. The second kappa shape index (κ2) is 12.4. The van der Waals surface area contributed by atoms with Crippen molar-refractivity contribution in [1.29, 1.82) is 0 Å². The number of nitrogens with zero attached hydrogens (tertiary/aromatic N) is 1. The molecule has 0 unspecified atom stereocenters. The van der Waals surface area contributed by atoms with E-state index >= 15 is 0 Å². The lowest BCUT2D eigenvalue weighted by molar-refractivity contribution is 0.373. The van der Waals surface area contributed by atoms with Gasteiger partial charge in [0.25, 0.3) is 0 Å². The molecular formula is C20H27FIN3O2. The van der Waals surface area contributed by atoms with Crippen LogP contribution in [0.4, 0.5) is 4.39 Å². The van der Waals surface area contributed by atoms with Gasteiger partial charge in [-0.25, -0.2) is 4.39 Å². The summed E-state index contributed by atoms with van der Waals surface area (Å²) in [5, 5.41) is 16.1. The molecule has 0 aliphatic heterocycles. The number of benzene rings is 2. The summed E-state index contributed by atoms with van der Waals surface area (Å²) in [7, 11) is 1.53. The Morgan fingerprint density at radius 3 is 2.63 bits per heavy atom. The van der Waals surface area contributed by atoms with Gasteiger partial charge in [-0.3, -0.25) is 4.99 Å². The molecule has 0 saturated heterocycles. The average Bonchev–Trinajstić information content (AvgIpc) is 2.64. The van der Waals surface area contributed by atoms with Crippen LogP contribution in [-0.4, -0.2) is 37.8 Å². The lowest BCUT2D eigenvalue weighted by Crippen LogP contribution is -2.38. The Kier molecular flexibility index (Phi) is 10.5. The highest BCUT2D eigenvalue weighted by atomic mass is 127. The number of aromatic hydroxyl groups is 1. The lowest BCUT2D eigenvalue weighted by atomic mass is 10.1. The van der Waals surface area contributed by atoms with Gasteiger partial charge in [0, 0.05) is 19.6 Å². The highest BCUT2D eigenvalue weighted by Crippen LogP contribution is 2.26. The van der Waals surface area contributed by atoms with Crippen LogP contribution in [0.2, 0.25) is 0 Å². The third-order valence-electron chi connectivity index (χ3n) is 3.90. The molecule has 0 aromatic heterocycles. The van der Waals surface area contributed by atoms with Crippen LogP contribution in [0.15, 0.2) is 47.5 Å². The van der Waals surface area contributed by atoms with E-state index in [4.69, 9.17) is 4.74 Å². The number of phenolic OH excluding ortho intramolecular Hbond substituents is 1. The minimum atomic E-state index is -0.193. The van der Waals surface area contributed by atoms with Crippen molar-refractivity contribution in [3.63, 3.8) is 0 Å². The van der Waals surface area contributed by atoms with Crippen LogP contribution in [0, 0.1) is 5.82 Å². The van der Waals surface area contributed by atoms with Crippen LogP contribution in [0.1, 0.15) is 18.1 Å². The molecule has 2 aromatic carbocycles. The molecule has 0 bridgehead atoms. The molecule has 27 heavy (non-hydrogen) atoms. The van der Waals surface area contributed by atoms with E-state index in [-0.39, 0.29) is 35.5 Å². The normalized spacial score (nSPS) is 10.9. The van der Waals surface area contributed by atoms with Crippen molar-refractivity contribution < 1.29 is 14.2 Å². The van der Waals surface area contributed by atoms with Crippen molar-refractivity contribution in [2.75, 3.05) is 26.7 Å². The first-order valence-electron chi connectivity index (χ1n) is 8.75. The molecule has 5 nitrogen and oxygen atoms in total. The fourth-order valence-electron chi connectivity index (χ4n) is 2.53. The third kappa shape index (κ3) is 7.62. The number of hydrogen-bond acceptors (Lipinski definition) is 3. The van der Waals surface area contributed by atoms with Gasteiger partial charge in [-0.15, -0.1) is 24.0 Å². The van der Waals surface area contributed by atoms with Crippen LogP contribution >= 0.6 is 24.0 Å². The highest BCUT2D eigenvalue weighted by Gasteiger charge is 2.04. The van der Waals surface area contributed by atoms with Gasteiger partial charge < -0.3 is 20.5 Å². The fraction of sp³-hybridized carbons (Fsp3) is 0.350. The van der Waals surface area contributed by atoms with E-state index in [0.717, 1.165) is 18.5 Å². The van der Waals surface area contributed by atoms with Crippen LogP contribution < -0.4 is 15.4 Å². The number of aliphatic imine (C=N–C) groups is 1. The summed E-state index contributed by atoms with van der Waals surface area (Å²) in [6, 6.07) is 12.1. The summed E-state index contributed by atoms with van der Waals surface area (Å²) in [6.07, 6.45) is 1.31. The molecule has 7 heteroatoms. The van der Waals surface area contributed by atoms with Crippen LogP contribution in [-0.2, 0) is 12.8 Å². The number of rotatable bonds is 8. The average molecular weight is 487 g/mol. The van der Waals surface area contributed by atoms with Crippen LogP contribution in [0.3, 0.4) is 0 Å². The van der Waals surface area contributed by atoms with E-state index in [1.807, 2.05) is 25.1 Å². The molecule has 0 aliphatic rings. The van der Waals surface area contributed by atoms with Crippen molar-refractivity contribution in [3.05, 3.63) is 59.4 Å². The predicted molar refractivity (Wildman–Crippen MR) is 118 cm³/mol. The summed E-state index contributed by atoms with van der Waals surface area (Å²) in [5.41, 5.74) is 1.72. The van der Waals surface area contributed by atoms with Crippen LogP contribution in [0.5, 0.6) is 11.5 Å². The van der Waals surface area contributed by atoms with Crippen molar-refractivity contribution >= 4 is 29.9 Å². The lowest BCUT2D eigenvalue weighted by Gasteiger charge is -2.12. The quantitative estimate of drug-likeness (QED) is 0.303. The summed E-state index contributed by atoms with van der Waals surface area (Å²) >= 11 is 0. The maximum Gasteiger partial charge on any atom is 0.191 e. The molecule has 0 saturated carbocycles. The van der Waals surface area contributed by atoms with E-state index in [2.05, 4.69) is 15.6 Å². The monoisotopic (exact) mass is 487 g/mol. The number of nitrogens with one attached hydrogen (secondary N) is 2. The first-order chi connectivity index (χ1) is 12.6. The molecule has 3 N–H and O–H groups in total. The first-order valence-corrected chi connectivity index (χ1v) is 8.75. The molecule has 0 aliphatic carbocycles. The highest BCUT2D eigenvalue weighted by molar-refractivity contribution is 14.0. The molecule has 0 amide bonds. The Morgan fingerprint density at radius 2 is 1.93 bits per heavy atom. The Hall–Kier alpha value is -2.03. The van der Waals surface area contributed by atoms with Gasteiger partial charge in [-0.1, -0.05) is 24.3 Å². The Morgan fingerprint density at radius 1 is 1.15 bits per heavy atom.